The van der Waals surface area contributed by atoms with E-state index in [1.165, 1.54) is 51.4 Å². The number of allylic oxidation sites excluding steroid dienone is 1. The number of fused-ring (bicyclic) bond motifs is 5. The highest BCUT2D eigenvalue weighted by atomic mass is 16.5. The van der Waals surface area contributed by atoms with Gasteiger partial charge in [-0.1, -0.05) is 47.1 Å². The number of carbonyl (C=O) groups is 2. The molecule has 34 heavy (non-hydrogen) atoms. The molecule has 4 aliphatic rings. The van der Waals surface area contributed by atoms with E-state index in [4.69, 9.17) is 4.74 Å². The molecule has 4 rings (SSSR count). The van der Waals surface area contributed by atoms with E-state index in [1.807, 2.05) is 6.92 Å². The van der Waals surface area contributed by atoms with Crippen molar-refractivity contribution in [2.45, 2.75) is 113 Å². The summed E-state index contributed by atoms with van der Waals surface area (Å²) in [6, 6.07) is 0. The average Bonchev–Trinajstić information content (AvgIpc) is 2.77. The van der Waals surface area contributed by atoms with Crippen LogP contribution >= 0.6 is 0 Å². The molecule has 0 bridgehead atoms. The number of Topliss-reactive ketones (excluding diaryl/α,β-unsaturated/α-hetero) is 1. The first-order valence-electron chi connectivity index (χ1n) is 14.2. The topological polar surface area (TPSA) is 43.4 Å². The normalized spacial score (nSPS) is 45.6. The Morgan fingerprint density at radius 1 is 1.06 bits per heavy atom. The van der Waals surface area contributed by atoms with E-state index in [0.29, 0.717) is 35.1 Å². The highest BCUT2D eigenvalue weighted by Gasteiger charge is 2.63. The first-order valence-corrected chi connectivity index (χ1v) is 14.2. The van der Waals surface area contributed by atoms with Crippen molar-refractivity contribution in [1.82, 2.24) is 0 Å². The fourth-order valence-corrected chi connectivity index (χ4v) is 9.69. The zero-order valence-electron chi connectivity index (χ0n) is 23.3. The van der Waals surface area contributed by atoms with E-state index in [0.717, 1.165) is 30.6 Å². The molecular formula is C31H52O3. The Bertz CT molecular complexity index is 758. The van der Waals surface area contributed by atoms with Crippen LogP contribution in [0.4, 0.5) is 0 Å². The summed E-state index contributed by atoms with van der Waals surface area (Å²) in [6.07, 6.45) is 13.8. The van der Waals surface area contributed by atoms with Gasteiger partial charge in [-0.3, -0.25) is 9.59 Å². The summed E-state index contributed by atoms with van der Waals surface area (Å²) in [5.41, 5.74) is 0.867. The molecule has 4 aliphatic carbocycles. The van der Waals surface area contributed by atoms with Gasteiger partial charge in [-0.15, -0.1) is 6.58 Å². The van der Waals surface area contributed by atoms with Crippen molar-refractivity contribution in [2.75, 3.05) is 6.61 Å². The maximum absolute atomic E-state index is 12.5. The minimum Gasteiger partial charge on any atom is -0.465 e. The third-order valence-electron chi connectivity index (χ3n) is 11.3. The lowest BCUT2D eigenvalue weighted by Crippen LogP contribution is -2.61. The van der Waals surface area contributed by atoms with Gasteiger partial charge in [0.25, 0.3) is 0 Å². The number of hydrogen-bond donors (Lipinski definition) is 0. The lowest BCUT2D eigenvalue weighted by molar-refractivity contribution is -0.192. The second kappa shape index (κ2) is 10.5. The van der Waals surface area contributed by atoms with Gasteiger partial charge in [-0.05, 0) is 98.7 Å². The van der Waals surface area contributed by atoms with Gasteiger partial charge in [0.05, 0.1) is 6.61 Å². The molecule has 9 atom stereocenters. The molecule has 0 heterocycles. The van der Waals surface area contributed by atoms with E-state index < -0.39 is 0 Å². The molecule has 0 spiro atoms. The van der Waals surface area contributed by atoms with Gasteiger partial charge in [-0.2, -0.15) is 0 Å². The van der Waals surface area contributed by atoms with Gasteiger partial charge in [0.2, 0.25) is 0 Å². The summed E-state index contributed by atoms with van der Waals surface area (Å²) >= 11 is 0. The molecule has 194 valence electrons. The minimum absolute atomic E-state index is 0.124. The van der Waals surface area contributed by atoms with Crippen LogP contribution in [-0.4, -0.2) is 18.4 Å². The molecule has 0 aromatic carbocycles. The molecule has 3 nitrogen and oxygen atoms in total. The van der Waals surface area contributed by atoms with E-state index in [-0.39, 0.29) is 17.3 Å². The van der Waals surface area contributed by atoms with Crippen LogP contribution in [0.15, 0.2) is 12.7 Å². The fourth-order valence-electron chi connectivity index (χ4n) is 9.69. The highest BCUT2D eigenvalue weighted by Crippen LogP contribution is 2.70. The van der Waals surface area contributed by atoms with Crippen molar-refractivity contribution in [3.63, 3.8) is 0 Å². The summed E-state index contributed by atoms with van der Waals surface area (Å²) in [5, 5.41) is 0. The van der Waals surface area contributed by atoms with Gasteiger partial charge < -0.3 is 4.74 Å². The number of hydrogen-bond acceptors (Lipinski definition) is 3. The van der Waals surface area contributed by atoms with Crippen LogP contribution < -0.4 is 0 Å². The molecule has 0 aliphatic heterocycles. The van der Waals surface area contributed by atoms with Gasteiger partial charge in [0.15, 0.2) is 0 Å². The smallest absolute Gasteiger partial charge is 0.302 e. The number of ketones is 1. The standard InChI is InChI=1S/C28H46O3.C3H6/c1-7-8-22-20-9-10-25-27(5)16-13-24(30)18(2)21(27)12-15-28(25,6)23(20)11-14-26(22,4)17-31-19(3)29;1-3-2/h18,20-23,25H,7-17H2,1-6H3;3H,1H2,2H3. The predicted octanol–water partition coefficient (Wildman–Crippen LogP) is 8.02. The van der Waals surface area contributed by atoms with Gasteiger partial charge >= 0.3 is 5.97 Å². The first-order chi connectivity index (χ1) is 16.0. The maximum atomic E-state index is 12.5. The molecule has 4 saturated carbocycles. The Balaban J connectivity index is 0.00000103. The van der Waals surface area contributed by atoms with Crippen LogP contribution in [0, 0.1) is 51.8 Å². The van der Waals surface area contributed by atoms with Gasteiger partial charge in [0.1, 0.15) is 5.78 Å². The van der Waals surface area contributed by atoms with Crippen LogP contribution in [0.2, 0.25) is 0 Å². The van der Waals surface area contributed by atoms with Gasteiger partial charge in [-0.25, -0.2) is 0 Å². The fraction of sp³-hybridized carbons (Fsp3) is 0.871. The molecule has 9 unspecified atom stereocenters. The van der Waals surface area contributed by atoms with Crippen molar-refractivity contribution in [3.8, 4) is 0 Å². The summed E-state index contributed by atoms with van der Waals surface area (Å²) < 4.78 is 5.61. The number of rotatable bonds is 4. The summed E-state index contributed by atoms with van der Waals surface area (Å²) in [5.74, 6) is 4.20. The van der Waals surface area contributed by atoms with E-state index >= 15 is 0 Å². The summed E-state index contributed by atoms with van der Waals surface area (Å²) in [4.78, 5) is 24.1. The first kappa shape index (κ1) is 27.5. The van der Waals surface area contributed by atoms with Gasteiger partial charge in [0, 0.05) is 24.7 Å². The lowest BCUT2D eigenvalue weighted by Gasteiger charge is -2.67. The highest BCUT2D eigenvalue weighted by molar-refractivity contribution is 5.82. The van der Waals surface area contributed by atoms with Crippen molar-refractivity contribution < 1.29 is 14.3 Å². The maximum Gasteiger partial charge on any atom is 0.302 e. The Morgan fingerprint density at radius 3 is 2.29 bits per heavy atom. The molecule has 0 amide bonds. The Hall–Kier alpha value is -1.12. The average molecular weight is 473 g/mol. The third-order valence-corrected chi connectivity index (χ3v) is 11.3. The molecule has 3 heteroatoms. The number of ether oxygens (including phenoxy) is 1. The van der Waals surface area contributed by atoms with E-state index in [1.54, 1.807) is 13.0 Å². The molecule has 0 aromatic rings. The monoisotopic (exact) mass is 472 g/mol. The molecule has 0 aromatic heterocycles. The quantitative estimate of drug-likeness (QED) is 0.307. The summed E-state index contributed by atoms with van der Waals surface area (Å²) in [6.45, 7) is 19.5. The molecule has 0 saturated heterocycles. The van der Waals surface area contributed by atoms with Crippen molar-refractivity contribution in [3.05, 3.63) is 12.7 Å². The predicted molar refractivity (Wildman–Crippen MR) is 140 cm³/mol. The number of esters is 1. The second-order valence-electron chi connectivity index (χ2n) is 13.1. The van der Waals surface area contributed by atoms with Crippen LogP contribution in [0.5, 0.6) is 0 Å². The van der Waals surface area contributed by atoms with Crippen LogP contribution in [-0.2, 0) is 14.3 Å². The molecule has 0 N–H and O–H groups in total. The van der Waals surface area contributed by atoms with Crippen LogP contribution in [0.3, 0.4) is 0 Å². The van der Waals surface area contributed by atoms with Crippen molar-refractivity contribution in [2.24, 2.45) is 51.8 Å². The Labute approximate surface area is 209 Å². The number of carbonyl (C=O) groups excluding carboxylic acids is 2. The second-order valence-corrected chi connectivity index (χ2v) is 13.1. The Kier molecular flexibility index (Phi) is 8.46. The minimum atomic E-state index is -0.138. The zero-order chi connectivity index (χ0) is 25.3. The summed E-state index contributed by atoms with van der Waals surface area (Å²) in [7, 11) is 0. The van der Waals surface area contributed by atoms with Crippen LogP contribution in [0.25, 0.3) is 0 Å². The largest absolute Gasteiger partial charge is 0.465 e. The molecule has 4 fully saturated rings. The Morgan fingerprint density at radius 2 is 1.68 bits per heavy atom. The third kappa shape index (κ3) is 4.66. The van der Waals surface area contributed by atoms with Crippen molar-refractivity contribution >= 4 is 11.8 Å². The van der Waals surface area contributed by atoms with Crippen LogP contribution in [0.1, 0.15) is 113 Å². The van der Waals surface area contributed by atoms with E-state index in [9.17, 15) is 9.59 Å². The lowest BCUT2D eigenvalue weighted by atomic mass is 9.37. The zero-order valence-corrected chi connectivity index (χ0v) is 23.3. The SMILES string of the molecule is C=CC.CCCC1C2CCC3C4(C)CCC(=O)C(C)C4CCC3(C)C2CCC1(C)COC(C)=O. The molecular weight excluding hydrogens is 420 g/mol. The van der Waals surface area contributed by atoms with E-state index in [2.05, 4.69) is 41.2 Å². The molecule has 0 radical (unpaired) electrons. The van der Waals surface area contributed by atoms with Crippen molar-refractivity contribution in [1.29, 1.82) is 0 Å².